The minimum absolute atomic E-state index is 0.133. The zero-order valence-electron chi connectivity index (χ0n) is 11.9. The smallest absolute Gasteiger partial charge is 0.332 e. The number of rotatable bonds is 3. The predicted octanol–water partition coefficient (Wildman–Crippen LogP) is 2.48. The lowest BCUT2D eigenvalue weighted by molar-refractivity contribution is -0.106. The molecule has 23 heavy (non-hydrogen) atoms. The zero-order chi connectivity index (χ0) is 16.2. The van der Waals surface area contributed by atoms with Crippen LogP contribution in [0.3, 0.4) is 0 Å². The van der Waals surface area contributed by atoms with E-state index in [4.69, 9.17) is 14.7 Å². The largest absolute Gasteiger partial charge is 0.454 e. The van der Waals surface area contributed by atoms with Crippen molar-refractivity contribution in [3.63, 3.8) is 0 Å². The average Bonchev–Trinajstić information content (AvgIpc) is 3.03. The maximum atomic E-state index is 12.3. The first-order valence-electron chi connectivity index (χ1n) is 6.66. The van der Waals surface area contributed by atoms with Crippen LogP contribution in [0.5, 0.6) is 11.5 Å². The second kappa shape index (κ2) is 6.07. The summed E-state index contributed by atoms with van der Waals surface area (Å²) in [6.45, 7) is 0.133. The molecule has 3 rings (SSSR count). The van der Waals surface area contributed by atoms with Gasteiger partial charge in [-0.1, -0.05) is 6.07 Å². The topological polar surface area (TPSA) is 91.7 Å². The number of carbonyl (C=O) groups excluding carboxylic acids is 2. The van der Waals surface area contributed by atoms with Gasteiger partial charge < -0.3 is 14.8 Å². The van der Waals surface area contributed by atoms with Crippen LogP contribution >= 0.6 is 0 Å². The fourth-order valence-electron chi connectivity index (χ4n) is 2.11. The van der Waals surface area contributed by atoms with Crippen molar-refractivity contribution in [1.29, 1.82) is 5.26 Å². The van der Waals surface area contributed by atoms with Crippen LogP contribution in [-0.2, 0) is 4.79 Å². The number of fused-ring (bicyclic) bond motifs is 1. The second-order valence-electron chi connectivity index (χ2n) is 4.64. The first-order valence-corrected chi connectivity index (χ1v) is 6.66. The summed E-state index contributed by atoms with van der Waals surface area (Å²) in [5.74, 6) is 1.11. The third-order valence-electron chi connectivity index (χ3n) is 3.20. The Balaban J connectivity index is 1.80. The van der Waals surface area contributed by atoms with E-state index >= 15 is 0 Å². The summed E-state index contributed by atoms with van der Waals surface area (Å²) in [7, 11) is 0. The molecular formula is C16H11N3O4. The van der Waals surface area contributed by atoms with Gasteiger partial charge in [0.1, 0.15) is 0 Å². The fourth-order valence-corrected chi connectivity index (χ4v) is 2.11. The molecule has 1 N–H and O–H groups in total. The number of ether oxygens (including phenoxy) is 2. The van der Waals surface area contributed by atoms with Crippen LogP contribution in [0.1, 0.15) is 5.56 Å². The second-order valence-corrected chi connectivity index (χ2v) is 4.64. The maximum absolute atomic E-state index is 12.3. The normalized spacial score (nSPS) is 11.4. The van der Waals surface area contributed by atoms with Crippen LogP contribution in [0.4, 0.5) is 16.2 Å². The van der Waals surface area contributed by atoms with Gasteiger partial charge in [0.2, 0.25) is 13.2 Å². The number of nitrogens with zero attached hydrogens (tertiary/aromatic N) is 2. The van der Waals surface area contributed by atoms with E-state index in [-0.39, 0.29) is 6.79 Å². The number of anilines is 2. The molecule has 1 aliphatic rings. The van der Waals surface area contributed by atoms with Crippen LogP contribution < -0.4 is 19.7 Å². The molecule has 0 bridgehead atoms. The van der Waals surface area contributed by atoms with E-state index in [9.17, 15) is 9.59 Å². The van der Waals surface area contributed by atoms with Gasteiger partial charge in [0, 0.05) is 11.8 Å². The SMILES string of the molecule is N#Cc1cccc(N(C=O)C(=O)Nc2ccc3c(c2)OCO3)c1. The highest BCUT2D eigenvalue weighted by Crippen LogP contribution is 2.34. The molecule has 0 saturated heterocycles. The van der Waals surface area contributed by atoms with Gasteiger partial charge in [-0.25, -0.2) is 9.69 Å². The Kier molecular flexibility index (Phi) is 3.80. The summed E-state index contributed by atoms with van der Waals surface area (Å²) in [5.41, 5.74) is 1.12. The van der Waals surface area contributed by atoms with Gasteiger partial charge in [0.05, 0.1) is 17.3 Å². The Morgan fingerprint density at radius 3 is 2.83 bits per heavy atom. The maximum Gasteiger partial charge on any atom is 0.332 e. The Bertz CT molecular complexity index is 813. The summed E-state index contributed by atoms with van der Waals surface area (Å²) in [5, 5.41) is 11.5. The van der Waals surface area contributed by atoms with Gasteiger partial charge in [0.15, 0.2) is 11.5 Å². The van der Waals surface area contributed by atoms with Gasteiger partial charge >= 0.3 is 6.03 Å². The van der Waals surface area contributed by atoms with Gasteiger partial charge in [-0.05, 0) is 30.3 Å². The number of nitriles is 1. The molecule has 0 spiro atoms. The third kappa shape index (κ3) is 2.91. The number of benzene rings is 2. The fraction of sp³-hybridized carbons (Fsp3) is 0.0625. The lowest BCUT2D eigenvalue weighted by Gasteiger charge is -2.16. The van der Waals surface area contributed by atoms with E-state index < -0.39 is 6.03 Å². The number of nitrogens with one attached hydrogen (secondary N) is 1. The van der Waals surface area contributed by atoms with Crippen molar-refractivity contribution in [1.82, 2.24) is 0 Å². The van der Waals surface area contributed by atoms with Crippen LogP contribution in [0.15, 0.2) is 42.5 Å². The first kappa shape index (κ1) is 14.4. The molecule has 2 aromatic carbocycles. The van der Waals surface area contributed by atoms with Crippen molar-refractivity contribution in [2.75, 3.05) is 17.0 Å². The van der Waals surface area contributed by atoms with Crippen molar-refractivity contribution < 1.29 is 19.1 Å². The Labute approximate surface area is 131 Å². The number of amides is 3. The predicted molar refractivity (Wildman–Crippen MR) is 81.3 cm³/mol. The van der Waals surface area contributed by atoms with E-state index in [1.165, 1.54) is 6.07 Å². The lowest BCUT2D eigenvalue weighted by atomic mass is 10.2. The molecule has 0 aliphatic carbocycles. The Hall–Kier alpha value is -3.53. The highest BCUT2D eigenvalue weighted by molar-refractivity contribution is 6.12. The molecule has 2 aromatic rings. The van der Waals surface area contributed by atoms with E-state index in [0.29, 0.717) is 34.8 Å². The van der Waals surface area contributed by atoms with E-state index in [1.54, 1.807) is 36.4 Å². The number of urea groups is 1. The number of carbonyl (C=O) groups is 2. The molecule has 0 fully saturated rings. The van der Waals surface area contributed by atoms with Gasteiger partial charge in [-0.15, -0.1) is 0 Å². The molecule has 0 atom stereocenters. The molecule has 0 aromatic heterocycles. The quantitative estimate of drug-likeness (QED) is 0.879. The van der Waals surface area contributed by atoms with E-state index in [1.807, 2.05) is 6.07 Å². The molecule has 3 amide bonds. The van der Waals surface area contributed by atoms with Crippen LogP contribution in [-0.4, -0.2) is 19.2 Å². The van der Waals surface area contributed by atoms with Crippen molar-refractivity contribution in [3.8, 4) is 17.6 Å². The van der Waals surface area contributed by atoms with E-state index in [2.05, 4.69) is 5.32 Å². The molecule has 114 valence electrons. The summed E-state index contributed by atoms with van der Waals surface area (Å²) in [6.07, 6.45) is 0.388. The molecule has 7 nitrogen and oxygen atoms in total. The highest BCUT2D eigenvalue weighted by atomic mass is 16.7. The Morgan fingerprint density at radius 2 is 2.04 bits per heavy atom. The Morgan fingerprint density at radius 1 is 1.22 bits per heavy atom. The first-order chi connectivity index (χ1) is 11.2. The number of hydrogen-bond donors (Lipinski definition) is 1. The molecule has 7 heteroatoms. The summed E-state index contributed by atoms with van der Waals surface area (Å²) in [4.78, 5) is 24.4. The monoisotopic (exact) mass is 309 g/mol. The third-order valence-corrected chi connectivity index (χ3v) is 3.20. The van der Waals surface area contributed by atoms with Crippen molar-refractivity contribution in [2.45, 2.75) is 0 Å². The lowest BCUT2D eigenvalue weighted by Crippen LogP contribution is -2.33. The minimum Gasteiger partial charge on any atom is -0.454 e. The molecule has 0 saturated carbocycles. The van der Waals surface area contributed by atoms with Crippen molar-refractivity contribution in [2.24, 2.45) is 0 Å². The minimum atomic E-state index is -0.644. The van der Waals surface area contributed by atoms with Crippen molar-refractivity contribution in [3.05, 3.63) is 48.0 Å². The summed E-state index contributed by atoms with van der Waals surface area (Å²) >= 11 is 0. The van der Waals surface area contributed by atoms with E-state index in [0.717, 1.165) is 4.90 Å². The van der Waals surface area contributed by atoms with Gasteiger partial charge in [-0.2, -0.15) is 5.26 Å². The molecule has 0 unspecified atom stereocenters. The van der Waals surface area contributed by atoms with Gasteiger partial charge in [0.25, 0.3) is 0 Å². The standard InChI is InChI=1S/C16H11N3O4/c17-8-11-2-1-3-13(6-11)19(9-20)16(21)18-12-4-5-14-15(7-12)23-10-22-14/h1-7,9H,10H2,(H,18,21). The molecular weight excluding hydrogens is 298 g/mol. The van der Waals surface area contributed by atoms with Crippen molar-refractivity contribution >= 4 is 23.8 Å². The zero-order valence-corrected chi connectivity index (χ0v) is 11.9. The van der Waals surface area contributed by atoms with Gasteiger partial charge in [-0.3, -0.25) is 4.79 Å². The molecule has 1 heterocycles. The summed E-state index contributed by atoms with van der Waals surface area (Å²) < 4.78 is 10.4. The van der Waals surface area contributed by atoms with Crippen LogP contribution in [0, 0.1) is 11.3 Å². The molecule has 0 radical (unpaired) electrons. The van der Waals surface area contributed by atoms with Crippen LogP contribution in [0.25, 0.3) is 0 Å². The number of hydrogen-bond acceptors (Lipinski definition) is 5. The van der Waals surface area contributed by atoms with Crippen LogP contribution in [0.2, 0.25) is 0 Å². The molecule has 1 aliphatic heterocycles. The number of imide groups is 1. The summed E-state index contributed by atoms with van der Waals surface area (Å²) in [6, 6.07) is 12.4. The highest BCUT2D eigenvalue weighted by Gasteiger charge is 2.18. The average molecular weight is 309 g/mol.